The second kappa shape index (κ2) is 5.98. The first-order valence-corrected chi connectivity index (χ1v) is 7.13. The minimum atomic E-state index is -6.15. The molecule has 3 rings (SSSR count). The van der Waals surface area contributed by atoms with Gasteiger partial charge in [0.1, 0.15) is 5.69 Å². The quantitative estimate of drug-likeness (QED) is 0.293. The maximum absolute atomic E-state index is 13.9. The number of aromatic nitrogens is 3. The molecule has 0 radical (unpaired) electrons. The minimum absolute atomic E-state index is 0.351. The lowest BCUT2D eigenvalue weighted by Gasteiger charge is -2.22. The minimum Gasteiger partial charge on any atom is -0.289 e. The van der Waals surface area contributed by atoms with Crippen LogP contribution in [-0.4, -0.2) is 26.7 Å². The lowest BCUT2D eigenvalue weighted by molar-refractivity contribution is -0.288. The van der Waals surface area contributed by atoms with Crippen molar-refractivity contribution >= 4 is 22.3 Å². The summed E-state index contributed by atoms with van der Waals surface area (Å²) in [6.45, 7) is 0. The fourth-order valence-corrected chi connectivity index (χ4v) is 2.49. The van der Waals surface area contributed by atoms with Crippen LogP contribution in [0.2, 0.25) is 0 Å². The normalized spacial score (nSPS) is 13.3. The van der Waals surface area contributed by atoms with E-state index in [0.29, 0.717) is 6.07 Å². The van der Waals surface area contributed by atoms with Crippen LogP contribution in [0.25, 0.3) is 16.4 Å². The van der Waals surface area contributed by atoms with E-state index >= 15 is 0 Å². The summed E-state index contributed by atoms with van der Waals surface area (Å²) in [5.74, 6) is -1.65. The van der Waals surface area contributed by atoms with Crippen molar-refractivity contribution in [3.05, 3.63) is 41.3 Å². The number of nitrogens with one attached hydrogen (secondary N) is 1. The Kier molecular flexibility index (Phi) is 4.22. The maximum atomic E-state index is 13.9. The van der Waals surface area contributed by atoms with E-state index in [0.717, 1.165) is 16.8 Å². The molecule has 3 aromatic heterocycles. The number of amides is 1. The van der Waals surface area contributed by atoms with Crippen molar-refractivity contribution in [2.24, 2.45) is 5.84 Å². The first-order chi connectivity index (χ1) is 12.8. The molecule has 6 nitrogen and oxygen atoms in total. The number of hydrogen-bond donors (Lipinski definition) is 2. The summed E-state index contributed by atoms with van der Waals surface area (Å²) in [6.07, 6.45) is -10.6. The number of carbonyl (C=O) groups excluding carboxylic acids is 1. The Morgan fingerprint density at radius 2 is 1.71 bits per heavy atom. The average molecular weight is 413 g/mol. The number of rotatable bonds is 2. The summed E-state index contributed by atoms with van der Waals surface area (Å²) in [5, 5.41) is 2.77. The number of pyridine rings is 2. The molecule has 3 aromatic rings. The van der Waals surface area contributed by atoms with Crippen molar-refractivity contribution in [1.82, 2.24) is 20.0 Å². The molecular formula is C14H7F8N5O. The van der Waals surface area contributed by atoms with Crippen molar-refractivity contribution in [3.8, 4) is 0 Å². The van der Waals surface area contributed by atoms with E-state index in [9.17, 15) is 39.9 Å². The predicted molar refractivity (Wildman–Crippen MR) is 77.1 cm³/mol. The first-order valence-electron chi connectivity index (χ1n) is 7.13. The van der Waals surface area contributed by atoms with Gasteiger partial charge in [0.2, 0.25) is 0 Å². The van der Waals surface area contributed by atoms with Crippen LogP contribution in [-0.2, 0) is 12.1 Å². The molecule has 0 fully saturated rings. The van der Waals surface area contributed by atoms with E-state index in [-0.39, 0.29) is 6.07 Å². The molecule has 0 saturated heterocycles. The third-order valence-electron chi connectivity index (χ3n) is 3.77. The standard InChI is InChI=1S/C14H7F8N5O/c15-12(16,14(20,21)22)6-3-9(13(17,18)19)24-10-5(6)1-2-27-8(10)4-7(26-27)11(28)25-23/h1-4H,23H2,(H,25,28). The topological polar surface area (TPSA) is 85.3 Å². The van der Waals surface area contributed by atoms with Gasteiger partial charge in [0.05, 0.1) is 11.0 Å². The van der Waals surface area contributed by atoms with Gasteiger partial charge in [-0.15, -0.1) is 0 Å². The number of nitrogen functional groups attached to an aromatic ring is 1. The molecule has 0 saturated carbocycles. The summed E-state index contributed by atoms with van der Waals surface area (Å²) < 4.78 is 106. The van der Waals surface area contributed by atoms with Gasteiger partial charge in [-0.1, -0.05) is 0 Å². The zero-order chi connectivity index (χ0) is 21.1. The molecule has 0 aliphatic heterocycles. The first kappa shape index (κ1) is 19.7. The Balaban J connectivity index is 2.45. The smallest absolute Gasteiger partial charge is 0.289 e. The molecule has 0 unspecified atom stereocenters. The van der Waals surface area contributed by atoms with Gasteiger partial charge in [-0.2, -0.15) is 40.2 Å². The number of halogens is 8. The summed E-state index contributed by atoms with van der Waals surface area (Å²) >= 11 is 0. The highest BCUT2D eigenvalue weighted by atomic mass is 19.4. The second-order valence-electron chi connectivity index (χ2n) is 5.54. The van der Waals surface area contributed by atoms with E-state index in [1.165, 1.54) is 0 Å². The van der Waals surface area contributed by atoms with Gasteiger partial charge in [0, 0.05) is 17.1 Å². The van der Waals surface area contributed by atoms with Gasteiger partial charge < -0.3 is 0 Å². The van der Waals surface area contributed by atoms with Crippen LogP contribution >= 0.6 is 0 Å². The van der Waals surface area contributed by atoms with Crippen molar-refractivity contribution in [3.63, 3.8) is 0 Å². The molecular weight excluding hydrogens is 406 g/mol. The third kappa shape index (κ3) is 2.98. The number of carbonyl (C=O) groups is 1. The Bertz CT molecular complexity index is 1090. The number of nitrogens with zero attached hydrogens (tertiary/aromatic N) is 3. The Morgan fingerprint density at radius 3 is 2.25 bits per heavy atom. The molecule has 0 aliphatic carbocycles. The van der Waals surface area contributed by atoms with Gasteiger partial charge in [-0.05, 0) is 18.2 Å². The highest BCUT2D eigenvalue weighted by Crippen LogP contribution is 2.47. The SMILES string of the molecule is NNC(=O)c1cc2c3nc(C(F)(F)F)cc(C(F)(F)C(F)(F)F)c3ccn2n1. The van der Waals surface area contributed by atoms with Crippen LogP contribution in [0.1, 0.15) is 21.7 Å². The second-order valence-corrected chi connectivity index (χ2v) is 5.54. The molecule has 0 bridgehead atoms. The van der Waals surface area contributed by atoms with Crippen LogP contribution in [0, 0.1) is 0 Å². The van der Waals surface area contributed by atoms with Gasteiger partial charge in [-0.25, -0.2) is 15.3 Å². The fraction of sp³-hybridized carbons (Fsp3) is 0.214. The predicted octanol–water partition coefficient (Wildman–Crippen LogP) is 3.16. The van der Waals surface area contributed by atoms with E-state index in [1.807, 2.05) is 0 Å². The molecule has 3 N–H and O–H groups in total. The molecule has 3 heterocycles. The Labute approximate surface area is 148 Å². The fourth-order valence-electron chi connectivity index (χ4n) is 2.49. The number of nitrogens with two attached hydrogens (primary N) is 1. The van der Waals surface area contributed by atoms with Crippen molar-refractivity contribution in [2.75, 3.05) is 0 Å². The van der Waals surface area contributed by atoms with Crippen LogP contribution in [0.15, 0.2) is 24.4 Å². The van der Waals surface area contributed by atoms with Gasteiger partial charge in [0.15, 0.2) is 5.69 Å². The van der Waals surface area contributed by atoms with Crippen molar-refractivity contribution in [2.45, 2.75) is 18.3 Å². The Morgan fingerprint density at radius 1 is 1.07 bits per heavy atom. The maximum Gasteiger partial charge on any atom is 0.458 e. The molecule has 0 aliphatic rings. The van der Waals surface area contributed by atoms with Gasteiger partial charge in [0.25, 0.3) is 5.91 Å². The largest absolute Gasteiger partial charge is 0.458 e. The number of fused-ring (bicyclic) bond motifs is 3. The van der Waals surface area contributed by atoms with Gasteiger partial charge >= 0.3 is 18.3 Å². The van der Waals surface area contributed by atoms with Crippen molar-refractivity contribution < 1.29 is 39.9 Å². The number of hydrazine groups is 1. The lowest BCUT2D eigenvalue weighted by Crippen LogP contribution is -2.34. The molecule has 0 spiro atoms. The third-order valence-corrected chi connectivity index (χ3v) is 3.77. The monoisotopic (exact) mass is 413 g/mol. The lowest BCUT2D eigenvalue weighted by atomic mass is 10.0. The molecule has 28 heavy (non-hydrogen) atoms. The summed E-state index contributed by atoms with van der Waals surface area (Å²) in [7, 11) is 0. The van der Waals surface area contributed by atoms with E-state index in [2.05, 4.69) is 10.1 Å². The van der Waals surface area contributed by atoms with Crippen molar-refractivity contribution in [1.29, 1.82) is 0 Å². The van der Waals surface area contributed by atoms with Crippen LogP contribution in [0.3, 0.4) is 0 Å². The zero-order valence-electron chi connectivity index (χ0n) is 13.2. The van der Waals surface area contributed by atoms with E-state index in [1.54, 1.807) is 5.43 Å². The van der Waals surface area contributed by atoms with Crippen LogP contribution in [0.5, 0.6) is 0 Å². The Hall–Kier alpha value is -3.03. The highest BCUT2D eigenvalue weighted by Gasteiger charge is 2.60. The number of alkyl halides is 8. The number of hydrogen-bond acceptors (Lipinski definition) is 4. The molecule has 0 aromatic carbocycles. The highest BCUT2D eigenvalue weighted by molar-refractivity contribution is 5.99. The molecule has 0 atom stereocenters. The molecule has 150 valence electrons. The molecule has 14 heteroatoms. The van der Waals surface area contributed by atoms with Crippen LogP contribution in [0.4, 0.5) is 35.1 Å². The zero-order valence-corrected chi connectivity index (χ0v) is 13.2. The summed E-state index contributed by atoms with van der Waals surface area (Å²) in [4.78, 5) is 14.7. The van der Waals surface area contributed by atoms with E-state index < -0.39 is 57.6 Å². The summed E-state index contributed by atoms with van der Waals surface area (Å²) in [6, 6.07) is 1.20. The van der Waals surface area contributed by atoms with Gasteiger partial charge in [-0.3, -0.25) is 10.2 Å². The van der Waals surface area contributed by atoms with E-state index in [4.69, 9.17) is 5.84 Å². The molecule has 1 amide bonds. The van der Waals surface area contributed by atoms with Crippen LogP contribution < -0.4 is 11.3 Å². The average Bonchev–Trinajstić information content (AvgIpc) is 3.02. The summed E-state index contributed by atoms with van der Waals surface area (Å²) in [5.41, 5.74) is -3.85.